The lowest BCUT2D eigenvalue weighted by Crippen LogP contribution is -1.76. The van der Waals surface area contributed by atoms with E-state index in [4.69, 9.17) is 4.42 Å². The minimum Gasteiger partial charge on any atom is -0.454 e. The lowest BCUT2D eigenvalue weighted by atomic mass is 10.0. The summed E-state index contributed by atoms with van der Waals surface area (Å²) in [6.07, 6.45) is 3.56. The molecule has 0 aliphatic heterocycles. The highest BCUT2D eigenvalue weighted by molar-refractivity contribution is 6.05. The fourth-order valence-corrected chi connectivity index (χ4v) is 2.44. The van der Waals surface area contributed by atoms with Gasteiger partial charge in [-0.3, -0.25) is 4.98 Å². The van der Waals surface area contributed by atoms with Gasteiger partial charge in [0, 0.05) is 17.0 Å². The number of aromatic nitrogens is 1. The summed E-state index contributed by atoms with van der Waals surface area (Å²) >= 11 is 0. The van der Waals surface area contributed by atoms with Crippen LogP contribution in [0.1, 0.15) is 0 Å². The Labute approximate surface area is 110 Å². The van der Waals surface area contributed by atoms with E-state index in [-0.39, 0.29) is 0 Å². The van der Waals surface area contributed by atoms with Crippen molar-refractivity contribution in [2.75, 3.05) is 0 Å². The monoisotopic (exact) mass is 245 g/mol. The average molecular weight is 245 g/mol. The third kappa shape index (κ3) is 1.61. The van der Waals surface area contributed by atoms with Crippen LogP contribution in [-0.4, -0.2) is 4.98 Å². The standard InChI is InChI=1S/C17H11NO/c1-2-4-12(5-3-1)13-6-7-14-15-8-9-18-11-17(15)19-16(14)10-13/h1-11H. The smallest absolute Gasteiger partial charge is 0.153 e. The molecule has 4 rings (SSSR count). The number of rotatable bonds is 1. The first-order chi connectivity index (χ1) is 9.42. The van der Waals surface area contributed by atoms with E-state index < -0.39 is 0 Å². The molecule has 0 amide bonds. The van der Waals surface area contributed by atoms with Crippen molar-refractivity contribution in [3.05, 3.63) is 67.0 Å². The maximum Gasteiger partial charge on any atom is 0.153 e. The molecule has 90 valence electrons. The van der Waals surface area contributed by atoms with Gasteiger partial charge in [0.2, 0.25) is 0 Å². The maximum absolute atomic E-state index is 5.85. The third-order valence-electron chi connectivity index (χ3n) is 3.38. The van der Waals surface area contributed by atoms with Gasteiger partial charge in [-0.05, 0) is 29.3 Å². The van der Waals surface area contributed by atoms with Gasteiger partial charge in [-0.2, -0.15) is 0 Å². The minimum absolute atomic E-state index is 0.836. The molecule has 0 aliphatic carbocycles. The highest BCUT2D eigenvalue weighted by Crippen LogP contribution is 2.31. The van der Waals surface area contributed by atoms with Gasteiger partial charge < -0.3 is 4.42 Å². The van der Waals surface area contributed by atoms with Crippen LogP contribution in [0.15, 0.2) is 71.4 Å². The van der Waals surface area contributed by atoms with E-state index in [9.17, 15) is 0 Å². The SMILES string of the molecule is c1ccc(-c2ccc3c(c2)oc2cnccc23)cc1. The van der Waals surface area contributed by atoms with E-state index in [2.05, 4.69) is 35.3 Å². The molecule has 2 aromatic heterocycles. The molecule has 0 saturated heterocycles. The molecule has 0 fully saturated rings. The average Bonchev–Trinajstić information content (AvgIpc) is 2.86. The highest BCUT2D eigenvalue weighted by atomic mass is 16.3. The van der Waals surface area contributed by atoms with Crippen LogP contribution < -0.4 is 0 Å². The summed E-state index contributed by atoms with van der Waals surface area (Å²) in [4.78, 5) is 4.09. The molecular weight excluding hydrogens is 234 g/mol. The lowest BCUT2D eigenvalue weighted by molar-refractivity contribution is 0.667. The Morgan fingerprint density at radius 3 is 2.47 bits per heavy atom. The first-order valence-electron chi connectivity index (χ1n) is 6.23. The van der Waals surface area contributed by atoms with E-state index in [1.54, 1.807) is 12.4 Å². The van der Waals surface area contributed by atoms with E-state index in [0.717, 1.165) is 21.9 Å². The highest BCUT2D eigenvalue weighted by Gasteiger charge is 2.07. The summed E-state index contributed by atoms with van der Waals surface area (Å²) in [5, 5.41) is 2.25. The second-order valence-corrected chi connectivity index (χ2v) is 4.55. The second-order valence-electron chi connectivity index (χ2n) is 4.55. The number of furan rings is 1. The summed E-state index contributed by atoms with van der Waals surface area (Å²) in [5.41, 5.74) is 4.11. The second kappa shape index (κ2) is 3.95. The Kier molecular flexibility index (Phi) is 2.15. The fourth-order valence-electron chi connectivity index (χ4n) is 2.44. The molecule has 0 spiro atoms. The van der Waals surface area contributed by atoms with Crippen molar-refractivity contribution < 1.29 is 4.42 Å². The van der Waals surface area contributed by atoms with Crippen LogP contribution in [0.5, 0.6) is 0 Å². The molecule has 0 N–H and O–H groups in total. The topological polar surface area (TPSA) is 26.0 Å². The number of nitrogens with zero attached hydrogens (tertiary/aromatic N) is 1. The number of hydrogen-bond acceptors (Lipinski definition) is 2. The van der Waals surface area contributed by atoms with Gasteiger partial charge in [0.05, 0.1) is 6.20 Å². The summed E-state index contributed by atoms with van der Waals surface area (Å²) < 4.78 is 5.85. The van der Waals surface area contributed by atoms with E-state index in [1.807, 2.05) is 24.3 Å². The van der Waals surface area contributed by atoms with Crippen LogP contribution in [0.3, 0.4) is 0 Å². The predicted molar refractivity (Wildman–Crippen MR) is 77.0 cm³/mol. The van der Waals surface area contributed by atoms with Gasteiger partial charge in [-0.25, -0.2) is 0 Å². The number of fused-ring (bicyclic) bond motifs is 3. The van der Waals surface area contributed by atoms with Crippen molar-refractivity contribution in [3.8, 4) is 11.1 Å². The van der Waals surface area contributed by atoms with Gasteiger partial charge in [0.25, 0.3) is 0 Å². The molecule has 0 radical (unpaired) electrons. The lowest BCUT2D eigenvalue weighted by Gasteiger charge is -2.00. The number of hydrogen-bond donors (Lipinski definition) is 0. The fraction of sp³-hybridized carbons (Fsp3) is 0. The maximum atomic E-state index is 5.85. The first kappa shape index (κ1) is 10.3. The zero-order chi connectivity index (χ0) is 12.7. The summed E-state index contributed by atoms with van der Waals surface area (Å²) in [7, 11) is 0. The summed E-state index contributed by atoms with van der Waals surface area (Å²) in [5.74, 6) is 0. The molecule has 0 atom stereocenters. The van der Waals surface area contributed by atoms with Crippen molar-refractivity contribution in [2.45, 2.75) is 0 Å². The van der Waals surface area contributed by atoms with Gasteiger partial charge in [-0.1, -0.05) is 36.4 Å². The van der Waals surface area contributed by atoms with Crippen molar-refractivity contribution >= 4 is 21.9 Å². The molecule has 2 heterocycles. The van der Waals surface area contributed by atoms with Crippen LogP contribution in [0.2, 0.25) is 0 Å². The predicted octanol–water partition coefficient (Wildman–Crippen LogP) is 4.65. The molecule has 19 heavy (non-hydrogen) atoms. The molecule has 0 saturated carbocycles. The van der Waals surface area contributed by atoms with Gasteiger partial charge in [0.1, 0.15) is 5.58 Å². The Balaban J connectivity index is 1.99. The van der Waals surface area contributed by atoms with Crippen molar-refractivity contribution in [1.29, 1.82) is 0 Å². The van der Waals surface area contributed by atoms with Crippen LogP contribution in [0.25, 0.3) is 33.1 Å². The van der Waals surface area contributed by atoms with Crippen molar-refractivity contribution in [1.82, 2.24) is 4.98 Å². The minimum atomic E-state index is 0.836. The van der Waals surface area contributed by atoms with Crippen LogP contribution in [-0.2, 0) is 0 Å². The van der Waals surface area contributed by atoms with Gasteiger partial charge in [-0.15, -0.1) is 0 Å². The molecule has 4 aromatic rings. The van der Waals surface area contributed by atoms with E-state index in [1.165, 1.54) is 11.1 Å². The first-order valence-corrected chi connectivity index (χ1v) is 6.23. The molecule has 2 nitrogen and oxygen atoms in total. The van der Waals surface area contributed by atoms with E-state index in [0.29, 0.717) is 0 Å². The third-order valence-corrected chi connectivity index (χ3v) is 3.38. The van der Waals surface area contributed by atoms with Crippen molar-refractivity contribution in [3.63, 3.8) is 0 Å². The normalized spacial score (nSPS) is 11.2. The van der Waals surface area contributed by atoms with E-state index >= 15 is 0 Å². The quantitative estimate of drug-likeness (QED) is 0.488. The zero-order valence-corrected chi connectivity index (χ0v) is 10.2. The van der Waals surface area contributed by atoms with Crippen LogP contribution in [0.4, 0.5) is 0 Å². The molecule has 2 heteroatoms. The Hall–Kier alpha value is -2.61. The Morgan fingerprint density at radius 1 is 0.737 bits per heavy atom. The van der Waals surface area contributed by atoms with Crippen molar-refractivity contribution in [2.24, 2.45) is 0 Å². The van der Waals surface area contributed by atoms with Gasteiger partial charge in [0.15, 0.2) is 5.58 Å². The molecular formula is C17H11NO. The Morgan fingerprint density at radius 2 is 1.58 bits per heavy atom. The largest absolute Gasteiger partial charge is 0.454 e. The summed E-state index contributed by atoms with van der Waals surface area (Å²) in [6.45, 7) is 0. The summed E-state index contributed by atoms with van der Waals surface area (Å²) in [6, 6.07) is 18.6. The molecule has 2 aromatic carbocycles. The molecule has 0 aliphatic rings. The van der Waals surface area contributed by atoms with Gasteiger partial charge >= 0.3 is 0 Å². The number of benzene rings is 2. The Bertz CT molecular complexity index is 862. The van der Waals surface area contributed by atoms with Crippen LogP contribution >= 0.6 is 0 Å². The molecule has 0 bridgehead atoms. The number of pyridine rings is 1. The van der Waals surface area contributed by atoms with Crippen LogP contribution in [0, 0.1) is 0 Å². The molecule has 0 unspecified atom stereocenters. The zero-order valence-electron chi connectivity index (χ0n) is 10.2.